The first kappa shape index (κ1) is 16.9. The molecule has 0 aliphatic rings. The highest BCUT2D eigenvalue weighted by molar-refractivity contribution is 6.33. The van der Waals surface area contributed by atoms with E-state index in [4.69, 9.17) is 11.6 Å². The Bertz CT molecular complexity index is 729. The fourth-order valence-corrected chi connectivity index (χ4v) is 2.02. The van der Waals surface area contributed by atoms with Gasteiger partial charge in [0.15, 0.2) is 5.69 Å². The monoisotopic (exact) mass is 332 g/mol. The van der Waals surface area contributed by atoms with E-state index >= 15 is 0 Å². The minimum Gasteiger partial charge on any atom is -0.349 e. The molecule has 7 heteroatoms. The highest BCUT2D eigenvalue weighted by Gasteiger charge is 2.13. The third-order valence-corrected chi connectivity index (χ3v) is 3.42. The third-order valence-electron chi connectivity index (χ3n) is 3.15. The van der Waals surface area contributed by atoms with E-state index < -0.39 is 5.91 Å². The van der Waals surface area contributed by atoms with Gasteiger partial charge in [-0.3, -0.25) is 9.59 Å². The van der Waals surface area contributed by atoms with Crippen molar-refractivity contribution >= 4 is 29.1 Å². The summed E-state index contributed by atoms with van der Waals surface area (Å²) in [6, 6.07) is 7.06. The van der Waals surface area contributed by atoms with Crippen LogP contribution in [0.4, 0.5) is 5.69 Å². The average molecular weight is 333 g/mol. The van der Waals surface area contributed by atoms with Gasteiger partial charge >= 0.3 is 0 Å². The molecule has 0 spiro atoms. The first-order valence-electron chi connectivity index (χ1n) is 6.96. The predicted molar refractivity (Wildman–Crippen MR) is 88.6 cm³/mol. The summed E-state index contributed by atoms with van der Waals surface area (Å²) in [6.45, 7) is 1.68. The fourth-order valence-electron chi connectivity index (χ4n) is 1.84. The Labute approximate surface area is 139 Å². The molecular weight excluding hydrogens is 316 g/mol. The van der Waals surface area contributed by atoms with Crippen LogP contribution in [0.25, 0.3) is 0 Å². The summed E-state index contributed by atoms with van der Waals surface area (Å²) in [6.07, 6.45) is 1.72. The van der Waals surface area contributed by atoms with Crippen molar-refractivity contribution in [1.29, 1.82) is 0 Å². The highest BCUT2D eigenvalue weighted by Crippen LogP contribution is 2.16. The summed E-state index contributed by atoms with van der Waals surface area (Å²) >= 11 is 5.94. The average Bonchev–Trinajstić information content (AvgIpc) is 2.51. The zero-order valence-corrected chi connectivity index (χ0v) is 13.9. The van der Waals surface area contributed by atoms with Gasteiger partial charge in [-0.05, 0) is 24.6 Å². The molecule has 0 saturated carbocycles. The molecule has 23 heavy (non-hydrogen) atoms. The SMILES string of the molecule is Cc1ncc(Cl)c(C(=O)Nc2ccc(CC(=O)N(C)C)cc2)n1. The number of hydrogen-bond acceptors (Lipinski definition) is 4. The van der Waals surface area contributed by atoms with Gasteiger partial charge in [0.1, 0.15) is 5.82 Å². The summed E-state index contributed by atoms with van der Waals surface area (Å²) in [5, 5.41) is 2.92. The number of aromatic nitrogens is 2. The molecule has 1 heterocycles. The van der Waals surface area contributed by atoms with Gasteiger partial charge in [0.25, 0.3) is 5.91 Å². The molecule has 2 rings (SSSR count). The van der Waals surface area contributed by atoms with E-state index in [1.165, 1.54) is 11.1 Å². The Morgan fingerprint density at radius 1 is 1.22 bits per heavy atom. The first-order valence-corrected chi connectivity index (χ1v) is 7.34. The molecule has 0 bridgehead atoms. The minimum atomic E-state index is -0.405. The second-order valence-corrected chi connectivity index (χ2v) is 5.64. The van der Waals surface area contributed by atoms with Gasteiger partial charge in [0.2, 0.25) is 5.91 Å². The lowest BCUT2D eigenvalue weighted by Gasteiger charge is -2.11. The zero-order valence-electron chi connectivity index (χ0n) is 13.1. The van der Waals surface area contributed by atoms with Crippen LogP contribution in [0.15, 0.2) is 30.5 Å². The maximum atomic E-state index is 12.2. The number of halogens is 1. The number of nitrogens with zero attached hydrogens (tertiary/aromatic N) is 3. The number of rotatable bonds is 4. The van der Waals surface area contributed by atoms with Crippen molar-refractivity contribution in [3.63, 3.8) is 0 Å². The van der Waals surface area contributed by atoms with Gasteiger partial charge in [0, 0.05) is 19.8 Å². The molecule has 2 amide bonds. The Morgan fingerprint density at radius 2 is 1.87 bits per heavy atom. The summed E-state index contributed by atoms with van der Waals surface area (Å²) < 4.78 is 0. The molecule has 1 aromatic carbocycles. The summed E-state index contributed by atoms with van der Waals surface area (Å²) in [7, 11) is 3.43. The Morgan fingerprint density at radius 3 is 2.48 bits per heavy atom. The second kappa shape index (κ2) is 7.19. The van der Waals surface area contributed by atoms with Crippen LogP contribution < -0.4 is 5.32 Å². The van der Waals surface area contributed by atoms with Gasteiger partial charge in [-0.15, -0.1) is 0 Å². The molecule has 0 radical (unpaired) electrons. The van der Waals surface area contributed by atoms with Gasteiger partial charge in [-0.25, -0.2) is 9.97 Å². The Kier molecular flexibility index (Phi) is 5.28. The van der Waals surface area contributed by atoms with Gasteiger partial charge in [-0.1, -0.05) is 23.7 Å². The van der Waals surface area contributed by atoms with Crippen LogP contribution in [0, 0.1) is 6.92 Å². The molecule has 1 aromatic heterocycles. The van der Waals surface area contributed by atoms with Gasteiger partial charge in [0.05, 0.1) is 17.6 Å². The maximum Gasteiger partial charge on any atom is 0.275 e. The second-order valence-electron chi connectivity index (χ2n) is 5.23. The largest absolute Gasteiger partial charge is 0.349 e. The van der Waals surface area contributed by atoms with Gasteiger partial charge in [-0.2, -0.15) is 0 Å². The number of anilines is 1. The van der Waals surface area contributed by atoms with Crippen LogP contribution in [0.2, 0.25) is 5.02 Å². The first-order chi connectivity index (χ1) is 10.9. The number of amides is 2. The Balaban J connectivity index is 2.07. The number of carbonyl (C=O) groups excluding carboxylic acids is 2. The van der Waals surface area contributed by atoms with E-state index in [1.54, 1.807) is 45.3 Å². The zero-order chi connectivity index (χ0) is 17.0. The van der Waals surface area contributed by atoms with Crippen molar-refractivity contribution < 1.29 is 9.59 Å². The quantitative estimate of drug-likeness (QED) is 0.932. The number of aryl methyl sites for hydroxylation is 1. The number of benzene rings is 1. The molecular formula is C16H17ClN4O2. The Hall–Kier alpha value is -2.47. The lowest BCUT2D eigenvalue weighted by molar-refractivity contribution is -0.127. The molecule has 120 valence electrons. The van der Waals surface area contributed by atoms with Crippen LogP contribution >= 0.6 is 11.6 Å². The highest BCUT2D eigenvalue weighted by atomic mass is 35.5. The topological polar surface area (TPSA) is 75.2 Å². The molecule has 1 N–H and O–H groups in total. The molecule has 0 aliphatic carbocycles. The van der Waals surface area contributed by atoms with Crippen molar-refractivity contribution in [2.45, 2.75) is 13.3 Å². The number of nitrogens with one attached hydrogen (secondary N) is 1. The van der Waals surface area contributed by atoms with Crippen molar-refractivity contribution in [2.75, 3.05) is 19.4 Å². The van der Waals surface area contributed by atoms with Crippen LogP contribution in [-0.2, 0) is 11.2 Å². The van der Waals surface area contributed by atoms with E-state index in [0.717, 1.165) is 5.56 Å². The van der Waals surface area contributed by atoms with E-state index in [1.807, 2.05) is 0 Å². The van der Waals surface area contributed by atoms with Crippen LogP contribution in [-0.4, -0.2) is 40.8 Å². The van der Waals surface area contributed by atoms with Crippen LogP contribution in [0.5, 0.6) is 0 Å². The van der Waals surface area contributed by atoms with E-state index in [2.05, 4.69) is 15.3 Å². The summed E-state index contributed by atoms with van der Waals surface area (Å²) in [4.78, 5) is 33.3. The predicted octanol–water partition coefficient (Wildman–Crippen LogP) is 2.32. The number of likely N-dealkylation sites (N-methyl/N-ethyl adjacent to an activating group) is 1. The number of carbonyl (C=O) groups is 2. The minimum absolute atomic E-state index is 0.0185. The molecule has 0 saturated heterocycles. The van der Waals surface area contributed by atoms with E-state index in [0.29, 0.717) is 17.9 Å². The fraction of sp³-hybridized carbons (Fsp3) is 0.250. The molecule has 0 aliphatic heterocycles. The van der Waals surface area contributed by atoms with Crippen molar-refractivity contribution in [2.24, 2.45) is 0 Å². The normalized spacial score (nSPS) is 10.3. The van der Waals surface area contributed by atoms with E-state index in [-0.39, 0.29) is 16.6 Å². The van der Waals surface area contributed by atoms with Crippen LogP contribution in [0.3, 0.4) is 0 Å². The van der Waals surface area contributed by atoms with Crippen molar-refractivity contribution in [1.82, 2.24) is 14.9 Å². The third kappa shape index (κ3) is 4.50. The lowest BCUT2D eigenvalue weighted by atomic mass is 10.1. The molecule has 6 nitrogen and oxygen atoms in total. The van der Waals surface area contributed by atoms with Crippen molar-refractivity contribution in [3.05, 3.63) is 52.6 Å². The van der Waals surface area contributed by atoms with Gasteiger partial charge < -0.3 is 10.2 Å². The van der Waals surface area contributed by atoms with Crippen LogP contribution in [0.1, 0.15) is 21.9 Å². The number of hydrogen-bond donors (Lipinski definition) is 1. The smallest absolute Gasteiger partial charge is 0.275 e. The summed E-state index contributed by atoms with van der Waals surface area (Å²) in [5.74, 6) is 0.0831. The molecule has 0 atom stereocenters. The van der Waals surface area contributed by atoms with Crippen molar-refractivity contribution in [3.8, 4) is 0 Å². The van der Waals surface area contributed by atoms with E-state index in [9.17, 15) is 9.59 Å². The lowest BCUT2D eigenvalue weighted by Crippen LogP contribution is -2.23. The molecule has 0 unspecified atom stereocenters. The molecule has 0 fully saturated rings. The molecule has 2 aromatic rings. The summed E-state index contributed by atoms with van der Waals surface area (Å²) in [5.41, 5.74) is 1.60. The maximum absolute atomic E-state index is 12.2. The standard InChI is InChI=1S/C16H17ClN4O2/c1-10-18-9-13(17)15(19-10)16(23)20-12-6-4-11(5-7-12)8-14(22)21(2)3/h4-7,9H,8H2,1-3H3,(H,20,23).